The van der Waals surface area contributed by atoms with E-state index in [-0.39, 0.29) is 11.4 Å². The average molecular weight is 428 g/mol. The molecule has 1 aliphatic rings. The number of hydrogen-bond acceptors (Lipinski definition) is 4. The Kier molecular flexibility index (Phi) is 6.81. The predicted octanol–water partition coefficient (Wildman–Crippen LogP) is 3.70. The van der Waals surface area contributed by atoms with Gasteiger partial charge in [0.25, 0.3) is 0 Å². The molecule has 2 aromatic carbocycles. The molecule has 0 saturated carbocycles. The fourth-order valence-corrected chi connectivity index (χ4v) is 4.39. The van der Waals surface area contributed by atoms with Gasteiger partial charge in [0.2, 0.25) is 10.0 Å². The zero-order valence-corrected chi connectivity index (χ0v) is 16.6. The van der Waals surface area contributed by atoms with Crippen molar-refractivity contribution in [2.45, 2.75) is 37.1 Å². The summed E-state index contributed by atoms with van der Waals surface area (Å²) in [6.07, 6.45) is -2.26. The van der Waals surface area contributed by atoms with Crippen LogP contribution in [0.4, 0.5) is 13.2 Å². The molecule has 1 heterocycles. The Labute approximate surface area is 168 Å². The van der Waals surface area contributed by atoms with Gasteiger partial charge >= 0.3 is 6.36 Å². The molecule has 0 saturated heterocycles. The summed E-state index contributed by atoms with van der Waals surface area (Å²) in [5.74, 6) is -0.459. The number of fused-ring (bicyclic) bond motifs is 1. The number of alkyl halides is 3. The molecular formula is C20H23F3N2O3S. The monoisotopic (exact) mass is 428 g/mol. The number of halogens is 3. The van der Waals surface area contributed by atoms with Gasteiger partial charge in [0, 0.05) is 19.6 Å². The third kappa shape index (κ3) is 6.45. The van der Waals surface area contributed by atoms with Gasteiger partial charge in [-0.25, -0.2) is 13.1 Å². The molecule has 0 radical (unpaired) electrons. The highest BCUT2D eigenvalue weighted by atomic mass is 32.2. The number of nitrogens with zero attached hydrogens (tertiary/aromatic N) is 1. The Morgan fingerprint density at radius 2 is 1.69 bits per heavy atom. The van der Waals surface area contributed by atoms with Crippen LogP contribution in [-0.2, 0) is 23.0 Å². The maximum atomic E-state index is 12.2. The van der Waals surface area contributed by atoms with Gasteiger partial charge in [0.15, 0.2) is 0 Å². The van der Waals surface area contributed by atoms with Gasteiger partial charge in [-0.2, -0.15) is 0 Å². The smallest absolute Gasteiger partial charge is 0.406 e. The van der Waals surface area contributed by atoms with Crippen LogP contribution >= 0.6 is 0 Å². The standard InChI is InChI=1S/C20H23F3N2O3S/c21-20(22,23)28-18-7-9-19(10-8-18)29(26,27)24-12-3-4-13-25-14-11-16-5-1-2-6-17(16)15-25/h1-2,5-10,24H,3-4,11-15H2. The first kappa shape index (κ1) is 21.6. The van der Waals surface area contributed by atoms with E-state index in [0.29, 0.717) is 6.42 Å². The van der Waals surface area contributed by atoms with Crippen molar-refractivity contribution < 1.29 is 26.3 Å². The van der Waals surface area contributed by atoms with Gasteiger partial charge in [-0.1, -0.05) is 24.3 Å². The summed E-state index contributed by atoms with van der Waals surface area (Å²) < 4.78 is 67.2. The van der Waals surface area contributed by atoms with Gasteiger partial charge in [0.1, 0.15) is 5.75 Å². The van der Waals surface area contributed by atoms with Crippen molar-refractivity contribution in [3.63, 3.8) is 0 Å². The minimum Gasteiger partial charge on any atom is -0.406 e. The zero-order valence-electron chi connectivity index (χ0n) is 15.8. The van der Waals surface area contributed by atoms with Gasteiger partial charge in [-0.15, -0.1) is 13.2 Å². The number of ether oxygens (including phenoxy) is 1. The highest BCUT2D eigenvalue weighted by Crippen LogP contribution is 2.24. The number of rotatable bonds is 8. The molecule has 9 heteroatoms. The van der Waals surface area contributed by atoms with Gasteiger partial charge in [-0.3, -0.25) is 4.90 Å². The second-order valence-corrected chi connectivity index (χ2v) is 8.69. The van der Waals surface area contributed by atoms with Crippen molar-refractivity contribution in [2.24, 2.45) is 0 Å². The van der Waals surface area contributed by atoms with Crippen molar-refractivity contribution >= 4 is 10.0 Å². The third-order valence-electron chi connectivity index (χ3n) is 4.77. The van der Waals surface area contributed by atoms with Crippen LogP contribution in [0.2, 0.25) is 0 Å². The first-order chi connectivity index (χ1) is 13.7. The van der Waals surface area contributed by atoms with E-state index in [0.717, 1.165) is 56.7 Å². The van der Waals surface area contributed by atoms with E-state index in [1.54, 1.807) is 0 Å². The molecule has 0 bridgehead atoms. The Balaban J connectivity index is 1.41. The summed E-state index contributed by atoms with van der Waals surface area (Å²) in [6.45, 7) is 3.07. The van der Waals surface area contributed by atoms with Crippen LogP contribution in [0.5, 0.6) is 5.75 Å². The molecule has 158 valence electrons. The highest BCUT2D eigenvalue weighted by molar-refractivity contribution is 7.89. The van der Waals surface area contributed by atoms with Crippen molar-refractivity contribution in [1.29, 1.82) is 0 Å². The molecule has 2 aromatic rings. The summed E-state index contributed by atoms with van der Waals surface area (Å²) in [6, 6.07) is 12.5. The van der Waals surface area contributed by atoms with Crippen LogP contribution in [0.25, 0.3) is 0 Å². The van der Waals surface area contributed by atoms with E-state index in [4.69, 9.17) is 0 Å². The molecule has 3 rings (SSSR count). The molecule has 5 nitrogen and oxygen atoms in total. The summed E-state index contributed by atoms with van der Waals surface area (Å²) in [5.41, 5.74) is 2.74. The molecule has 0 aromatic heterocycles. The van der Waals surface area contributed by atoms with E-state index >= 15 is 0 Å². The lowest BCUT2D eigenvalue weighted by Gasteiger charge is -2.28. The number of benzene rings is 2. The molecular weight excluding hydrogens is 405 g/mol. The van der Waals surface area contributed by atoms with Crippen LogP contribution in [-0.4, -0.2) is 39.3 Å². The fourth-order valence-electron chi connectivity index (χ4n) is 3.32. The first-order valence-electron chi connectivity index (χ1n) is 9.37. The lowest BCUT2D eigenvalue weighted by Crippen LogP contribution is -2.32. The van der Waals surface area contributed by atoms with Crippen LogP contribution in [0.1, 0.15) is 24.0 Å². The Morgan fingerprint density at radius 3 is 2.38 bits per heavy atom. The molecule has 29 heavy (non-hydrogen) atoms. The Morgan fingerprint density at radius 1 is 1.00 bits per heavy atom. The molecule has 0 unspecified atom stereocenters. The Hall–Kier alpha value is -2.10. The second-order valence-electron chi connectivity index (χ2n) is 6.92. The number of nitrogens with one attached hydrogen (secondary N) is 1. The number of hydrogen-bond donors (Lipinski definition) is 1. The fraction of sp³-hybridized carbons (Fsp3) is 0.400. The van der Waals surface area contributed by atoms with Gasteiger partial charge < -0.3 is 4.74 Å². The number of unbranched alkanes of at least 4 members (excludes halogenated alkanes) is 1. The molecule has 0 fully saturated rings. The average Bonchev–Trinajstić information content (AvgIpc) is 2.67. The van der Waals surface area contributed by atoms with E-state index in [1.165, 1.54) is 11.1 Å². The highest BCUT2D eigenvalue weighted by Gasteiger charge is 2.31. The quantitative estimate of drug-likeness (QED) is 0.652. The van der Waals surface area contributed by atoms with Gasteiger partial charge in [-0.05, 0) is 61.2 Å². The van der Waals surface area contributed by atoms with Gasteiger partial charge in [0.05, 0.1) is 4.90 Å². The SMILES string of the molecule is O=S(=O)(NCCCCN1CCc2ccccc2C1)c1ccc(OC(F)(F)F)cc1. The first-order valence-corrected chi connectivity index (χ1v) is 10.9. The van der Waals surface area contributed by atoms with Crippen molar-refractivity contribution in [2.75, 3.05) is 19.6 Å². The minimum atomic E-state index is -4.81. The van der Waals surface area contributed by atoms with Crippen molar-refractivity contribution in [3.8, 4) is 5.75 Å². The maximum absolute atomic E-state index is 12.2. The van der Waals surface area contributed by atoms with Crippen LogP contribution < -0.4 is 9.46 Å². The van der Waals surface area contributed by atoms with Crippen molar-refractivity contribution in [1.82, 2.24) is 9.62 Å². The summed E-state index contributed by atoms with van der Waals surface area (Å²) >= 11 is 0. The van der Waals surface area contributed by atoms with E-state index in [2.05, 4.69) is 32.6 Å². The lowest BCUT2D eigenvalue weighted by atomic mass is 10.00. The molecule has 1 N–H and O–H groups in total. The molecule has 0 amide bonds. The third-order valence-corrected chi connectivity index (χ3v) is 6.25. The van der Waals surface area contributed by atoms with E-state index in [9.17, 15) is 21.6 Å². The van der Waals surface area contributed by atoms with Crippen LogP contribution in [0.15, 0.2) is 53.4 Å². The Bertz CT molecular complexity index is 915. The molecule has 1 aliphatic heterocycles. The summed E-state index contributed by atoms with van der Waals surface area (Å²) in [7, 11) is -3.77. The predicted molar refractivity (Wildman–Crippen MR) is 103 cm³/mol. The molecule has 0 spiro atoms. The van der Waals surface area contributed by atoms with Crippen LogP contribution in [0.3, 0.4) is 0 Å². The second kappa shape index (κ2) is 9.15. The zero-order chi connectivity index (χ0) is 20.9. The summed E-state index contributed by atoms with van der Waals surface area (Å²) in [4.78, 5) is 2.26. The maximum Gasteiger partial charge on any atom is 0.573 e. The topological polar surface area (TPSA) is 58.6 Å². The summed E-state index contributed by atoms with van der Waals surface area (Å²) in [5, 5.41) is 0. The van der Waals surface area contributed by atoms with E-state index < -0.39 is 22.1 Å². The minimum absolute atomic E-state index is 0.0975. The molecule has 0 atom stereocenters. The molecule has 0 aliphatic carbocycles. The van der Waals surface area contributed by atoms with E-state index in [1.807, 2.05) is 6.07 Å². The number of sulfonamides is 1. The van der Waals surface area contributed by atoms with Crippen molar-refractivity contribution in [3.05, 3.63) is 59.7 Å². The van der Waals surface area contributed by atoms with Crippen LogP contribution in [0, 0.1) is 0 Å². The largest absolute Gasteiger partial charge is 0.573 e. The normalized spacial score (nSPS) is 15.1. The lowest BCUT2D eigenvalue weighted by molar-refractivity contribution is -0.274.